The number of nitrogens with one attached hydrogen (secondary N) is 2. The molecule has 0 spiro atoms. The van der Waals surface area contributed by atoms with E-state index in [9.17, 15) is 19.2 Å². The summed E-state index contributed by atoms with van der Waals surface area (Å²) < 4.78 is 7.88. The summed E-state index contributed by atoms with van der Waals surface area (Å²) in [6, 6.07) is 15.4. The fourth-order valence-electron chi connectivity index (χ4n) is 6.26. The van der Waals surface area contributed by atoms with Gasteiger partial charge >= 0.3 is 0 Å². The van der Waals surface area contributed by atoms with Crippen LogP contribution < -0.4 is 20.9 Å². The summed E-state index contributed by atoms with van der Waals surface area (Å²) in [5.74, 6) is 0.0120. The molecule has 0 bridgehead atoms. The second kappa shape index (κ2) is 12.5. The van der Waals surface area contributed by atoms with Crippen molar-refractivity contribution >= 4 is 39.3 Å². The van der Waals surface area contributed by atoms with Crippen molar-refractivity contribution in [3.63, 3.8) is 0 Å². The molecule has 1 unspecified atom stereocenters. The van der Waals surface area contributed by atoms with E-state index in [0.29, 0.717) is 47.4 Å². The van der Waals surface area contributed by atoms with Crippen molar-refractivity contribution in [1.29, 1.82) is 0 Å². The van der Waals surface area contributed by atoms with Gasteiger partial charge in [-0.1, -0.05) is 24.3 Å². The monoisotopic (exact) mass is 662 g/mol. The zero-order valence-corrected chi connectivity index (χ0v) is 26.2. The minimum absolute atomic E-state index is 0.0305. The molecule has 3 saturated heterocycles. The Morgan fingerprint density at radius 1 is 1.02 bits per heavy atom. The molecule has 230 valence electrons. The minimum atomic E-state index is -0.367. The van der Waals surface area contributed by atoms with Crippen LogP contribution in [0.25, 0.3) is 0 Å². The maximum absolute atomic E-state index is 13.2. The molecule has 1 aromatic heterocycles. The van der Waals surface area contributed by atoms with E-state index in [4.69, 9.17) is 4.74 Å². The molecule has 0 radical (unpaired) electrons. The number of carbonyl (C=O) groups excluding carboxylic acids is 3. The van der Waals surface area contributed by atoms with Gasteiger partial charge in [-0.05, 0) is 77.1 Å². The van der Waals surface area contributed by atoms with Crippen LogP contribution in [-0.2, 0) is 16.6 Å². The van der Waals surface area contributed by atoms with Crippen LogP contribution in [0, 0.1) is 0 Å². The summed E-state index contributed by atoms with van der Waals surface area (Å²) >= 11 is 3.40. The molecular weight excluding hydrogens is 628 g/mol. The van der Waals surface area contributed by atoms with E-state index in [1.54, 1.807) is 18.1 Å². The lowest BCUT2D eigenvalue weighted by Crippen LogP contribution is -2.56. The van der Waals surface area contributed by atoms with E-state index in [0.717, 1.165) is 25.1 Å². The molecule has 4 heterocycles. The first kappa shape index (κ1) is 30.0. The third-order valence-corrected chi connectivity index (χ3v) is 9.40. The number of carbonyl (C=O) groups is 3. The molecule has 44 heavy (non-hydrogen) atoms. The number of likely N-dealkylation sites (N-methyl/N-ethyl adjacent to an activating group) is 1. The number of benzene rings is 2. The third-order valence-electron chi connectivity index (χ3n) is 8.64. The average Bonchev–Trinajstić information content (AvgIpc) is 2.99. The number of ether oxygens (including phenoxy) is 1. The number of nitrogens with zero attached hydrogens (tertiary/aromatic N) is 4. The summed E-state index contributed by atoms with van der Waals surface area (Å²) in [4.78, 5) is 53.2. The molecule has 3 aliphatic rings. The van der Waals surface area contributed by atoms with E-state index >= 15 is 0 Å². The number of halogens is 1. The quantitative estimate of drug-likeness (QED) is 0.370. The van der Waals surface area contributed by atoms with Gasteiger partial charge in [-0.3, -0.25) is 24.5 Å². The van der Waals surface area contributed by atoms with Crippen LogP contribution in [0.4, 0.5) is 5.69 Å². The molecule has 3 atom stereocenters. The first-order valence-corrected chi connectivity index (χ1v) is 15.6. The van der Waals surface area contributed by atoms with Crippen LogP contribution in [0.2, 0.25) is 0 Å². The second-order valence-corrected chi connectivity index (χ2v) is 12.7. The van der Waals surface area contributed by atoms with E-state index in [-0.39, 0.29) is 47.3 Å². The highest BCUT2D eigenvalue weighted by Gasteiger charge is 2.34. The van der Waals surface area contributed by atoms with Crippen molar-refractivity contribution in [3.8, 4) is 5.75 Å². The fourth-order valence-corrected chi connectivity index (χ4v) is 6.74. The van der Waals surface area contributed by atoms with Crippen LogP contribution in [0.3, 0.4) is 0 Å². The Balaban J connectivity index is 1.03. The van der Waals surface area contributed by atoms with Crippen molar-refractivity contribution in [2.45, 2.75) is 43.2 Å². The van der Waals surface area contributed by atoms with Crippen LogP contribution in [-0.4, -0.2) is 82.7 Å². The number of hydrogen-bond acceptors (Lipinski definition) is 8. The summed E-state index contributed by atoms with van der Waals surface area (Å²) in [5, 5.41) is 10.0. The number of aryl methyl sites for hydroxylation is 1. The van der Waals surface area contributed by atoms with E-state index < -0.39 is 0 Å². The SMILES string of the molecule is CN1C[C@H](Nc2cnn(C)c(=O)c2Br)C[C@H](c2ccc(C(=O)N3CC(Oc4cccc(C5CCC(=O)NC5=O)c4)C3)cc2)C1. The predicted molar refractivity (Wildman–Crippen MR) is 168 cm³/mol. The van der Waals surface area contributed by atoms with Gasteiger partial charge in [0, 0.05) is 38.2 Å². The minimum Gasteiger partial charge on any atom is -0.487 e. The fraction of sp³-hybridized carbons (Fsp3) is 0.406. The summed E-state index contributed by atoms with van der Waals surface area (Å²) in [6.45, 7) is 2.71. The molecule has 3 aromatic rings. The average molecular weight is 664 g/mol. The molecule has 0 saturated carbocycles. The number of likely N-dealkylation sites (tertiary alicyclic amines) is 2. The molecule has 3 aliphatic heterocycles. The topological polar surface area (TPSA) is 126 Å². The smallest absolute Gasteiger partial charge is 0.282 e. The number of imide groups is 1. The highest BCUT2D eigenvalue weighted by atomic mass is 79.9. The first-order chi connectivity index (χ1) is 21.1. The highest BCUT2D eigenvalue weighted by molar-refractivity contribution is 9.10. The number of piperidine rings is 2. The Labute approximate surface area is 263 Å². The first-order valence-electron chi connectivity index (χ1n) is 14.8. The zero-order valence-electron chi connectivity index (χ0n) is 24.7. The predicted octanol–water partition coefficient (Wildman–Crippen LogP) is 2.87. The second-order valence-electron chi connectivity index (χ2n) is 11.9. The molecular formula is C32H35BrN6O5. The van der Waals surface area contributed by atoms with Crippen molar-refractivity contribution in [1.82, 2.24) is 24.9 Å². The van der Waals surface area contributed by atoms with Crippen LogP contribution in [0.5, 0.6) is 5.75 Å². The molecule has 6 rings (SSSR count). The molecule has 3 fully saturated rings. The molecule has 2 N–H and O–H groups in total. The lowest BCUT2D eigenvalue weighted by Gasteiger charge is -2.39. The van der Waals surface area contributed by atoms with Gasteiger partial charge < -0.3 is 19.9 Å². The number of aromatic nitrogens is 2. The number of hydrogen-bond donors (Lipinski definition) is 2. The summed E-state index contributed by atoms with van der Waals surface area (Å²) in [5.41, 5.74) is 3.13. The van der Waals surface area contributed by atoms with Crippen molar-refractivity contribution in [3.05, 3.63) is 86.2 Å². The van der Waals surface area contributed by atoms with Crippen molar-refractivity contribution < 1.29 is 19.1 Å². The standard InChI is InChI=1S/C32H35BrN6O5/c1-37-15-22(12-23(16-37)35-27-14-34-38(2)32(43)29(27)33)19-6-8-20(9-7-19)31(42)39-17-25(18-39)44-24-5-3-4-21(13-24)26-10-11-28(40)36-30(26)41/h3-9,13-14,22-23,25-26,35H,10-12,15-18H2,1-2H3,(H,36,40,41)/t22-,23+,26?/m0/s1. The van der Waals surface area contributed by atoms with Crippen LogP contribution >= 0.6 is 15.9 Å². The van der Waals surface area contributed by atoms with Gasteiger partial charge in [0.15, 0.2) is 0 Å². The van der Waals surface area contributed by atoms with Crippen molar-refractivity contribution in [2.75, 3.05) is 38.5 Å². The molecule has 0 aliphatic carbocycles. The van der Waals surface area contributed by atoms with Crippen LogP contribution in [0.1, 0.15) is 52.6 Å². The van der Waals surface area contributed by atoms with E-state index in [1.807, 2.05) is 48.5 Å². The van der Waals surface area contributed by atoms with E-state index in [2.05, 4.69) is 43.6 Å². The Morgan fingerprint density at radius 2 is 1.80 bits per heavy atom. The van der Waals surface area contributed by atoms with Crippen molar-refractivity contribution in [2.24, 2.45) is 7.05 Å². The summed E-state index contributed by atoms with van der Waals surface area (Å²) in [7, 11) is 3.71. The van der Waals surface area contributed by atoms with Gasteiger partial charge in [0.05, 0.1) is 30.9 Å². The Kier molecular flexibility index (Phi) is 8.55. The molecule has 3 amide bonds. The maximum atomic E-state index is 13.2. The van der Waals surface area contributed by atoms with Gasteiger partial charge in [0.1, 0.15) is 16.3 Å². The number of anilines is 1. The lowest BCUT2D eigenvalue weighted by molar-refractivity contribution is -0.134. The molecule has 2 aromatic carbocycles. The van der Waals surface area contributed by atoms with Gasteiger partial charge in [-0.2, -0.15) is 5.10 Å². The molecule has 11 nitrogen and oxygen atoms in total. The van der Waals surface area contributed by atoms with Crippen LogP contribution in [0.15, 0.2) is 64.0 Å². The highest BCUT2D eigenvalue weighted by Crippen LogP contribution is 2.31. The van der Waals surface area contributed by atoms with Gasteiger partial charge in [0.2, 0.25) is 11.8 Å². The lowest BCUT2D eigenvalue weighted by atomic mass is 9.87. The van der Waals surface area contributed by atoms with Gasteiger partial charge in [0.25, 0.3) is 11.5 Å². The van der Waals surface area contributed by atoms with Gasteiger partial charge in [-0.15, -0.1) is 0 Å². The normalized spacial score (nSPS) is 22.7. The maximum Gasteiger partial charge on any atom is 0.282 e. The largest absolute Gasteiger partial charge is 0.487 e. The van der Waals surface area contributed by atoms with E-state index in [1.165, 1.54) is 10.2 Å². The zero-order chi connectivity index (χ0) is 31.0. The number of rotatable bonds is 7. The van der Waals surface area contributed by atoms with Gasteiger partial charge in [-0.25, -0.2) is 4.68 Å². The summed E-state index contributed by atoms with van der Waals surface area (Å²) in [6.07, 6.45) is 3.23. The Hall–Kier alpha value is -4.03. The molecule has 12 heteroatoms. The Morgan fingerprint density at radius 3 is 2.55 bits per heavy atom. The third kappa shape index (κ3) is 6.41. The Bertz CT molecular complexity index is 1640. The number of amides is 3.